The van der Waals surface area contributed by atoms with Gasteiger partial charge in [-0.2, -0.15) is 0 Å². The van der Waals surface area contributed by atoms with Gasteiger partial charge < -0.3 is 15.7 Å². The molecule has 3 N–H and O–H groups in total. The van der Waals surface area contributed by atoms with E-state index in [1.807, 2.05) is 19.0 Å². The normalized spacial score (nSPS) is 14.6. The third kappa shape index (κ3) is 4.05. The van der Waals surface area contributed by atoms with E-state index < -0.39 is 0 Å². The van der Waals surface area contributed by atoms with Crippen LogP contribution in [0.1, 0.15) is 0 Å². The molecule has 0 rings (SSSR count). The highest BCUT2D eigenvalue weighted by molar-refractivity contribution is 4.57. The van der Waals surface area contributed by atoms with Gasteiger partial charge in [0, 0.05) is 13.1 Å². The van der Waals surface area contributed by atoms with Crippen molar-refractivity contribution in [2.75, 3.05) is 27.2 Å². The summed E-state index contributed by atoms with van der Waals surface area (Å²) in [5.41, 5.74) is 5.14. The van der Waals surface area contributed by atoms with Crippen molar-refractivity contribution >= 4 is 0 Å². The van der Waals surface area contributed by atoms with Gasteiger partial charge in [-0.05, 0) is 14.1 Å². The summed E-state index contributed by atoms with van der Waals surface area (Å²) in [6.07, 6.45) is -0.370. The molecule has 50 valence electrons. The zero-order valence-electron chi connectivity index (χ0n) is 5.46. The summed E-state index contributed by atoms with van der Waals surface area (Å²) < 4.78 is 0. The quantitative estimate of drug-likeness (QED) is 0.493. The van der Waals surface area contributed by atoms with Crippen LogP contribution in [0, 0.1) is 0 Å². The first-order chi connectivity index (χ1) is 3.66. The number of aliphatic hydroxyl groups excluding tert-OH is 1. The first-order valence-corrected chi connectivity index (χ1v) is 2.69. The second kappa shape index (κ2) is 3.83. The van der Waals surface area contributed by atoms with Crippen LogP contribution in [-0.2, 0) is 0 Å². The van der Waals surface area contributed by atoms with Crippen LogP contribution in [0.2, 0.25) is 0 Å². The van der Waals surface area contributed by atoms with Crippen LogP contribution in [0.15, 0.2) is 0 Å². The van der Waals surface area contributed by atoms with Crippen molar-refractivity contribution in [3.8, 4) is 0 Å². The molecule has 0 fully saturated rings. The Bertz CT molecular complexity index is 56.4. The number of hydrogen-bond donors (Lipinski definition) is 2. The summed E-state index contributed by atoms with van der Waals surface area (Å²) in [7, 11) is 3.80. The minimum absolute atomic E-state index is 0.345. The third-order valence-corrected chi connectivity index (χ3v) is 0.848. The SMILES string of the molecule is CN(C)CC(O)CN. The van der Waals surface area contributed by atoms with E-state index in [4.69, 9.17) is 10.8 Å². The van der Waals surface area contributed by atoms with Gasteiger partial charge in [-0.3, -0.25) is 0 Å². The molecule has 0 saturated carbocycles. The lowest BCUT2D eigenvalue weighted by molar-refractivity contribution is 0.144. The third-order valence-electron chi connectivity index (χ3n) is 0.848. The molecule has 8 heavy (non-hydrogen) atoms. The smallest absolute Gasteiger partial charge is 0.0788 e. The van der Waals surface area contributed by atoms with Crippen LogP contribution in [0.25, 0.3) is 0 Å². The van der Waals surface area contributed by atoms with Crippen molar-refractivity contribution in [3.63, 3.8) is 0 Å². The number of likely N-dealkylation sites (N-methyl/N-ethyl adjacent to an activating group) is 1. The minimum Gasteiger partial charge on any atom is -0.390 e. The zero-order valence-corrected chi connectivity index (χ0v) is 5.46. The summed E-state index contributed by atoms with van der Waals surface area (Å²) in [6.45, 7) is 0.995. The molecule has 1 atom stereocenters. The number of nitrogens with two attached hydrogens (primary N) is 1. The summed E-state index contributed by atoms with van der Waals surface area (Å²) in [5.74, 6) is 0. The Morgan fingerprint density at radius 2 is 2.12 bits per heavy atom. The predicted molar refractivity (Wildman–Crippen MR) is 33.6 cm³/mol. The molecule has 0 aromatic heterocycles. The molecular formula is C5H14N2O. The Morgan fingerprint density at radius 3 is 2.25 bits per heavy atom. The topological polar surface area (TPSA) is 49.5 Å². The van der Waals surface area contributed by atoms with Gasteiger partial charge in [0.1, 0.15) is 0 Å². The molecular weight excluding hydrogens is 104 g/mol. The molecule has 0 saturated heterocycles. The first-order valence-electron chi connectivity index (χ1n) is 2.69. The Kier molecular flexibility index (Phi) is 3.77. The lowest BCUT2D eigenvalue weighted by Crippen LogP contribution is -2.31. The second-order valence-corrected chi connectivity index (χ2v) is 2.15. The Hall–Kier alpha value is -0.120. The van der Waals surface area contributed by atoms with Gasteiger partial charge in [0.15, 0.2) is 0 Å². The summed E-state index contributed by atoms with van der Waals surface area (Å²) in [5, 5.41) is 8.86. The van der Waals surface area contributed by atoms with Gasteiger partial charge in [0.2, 0.25) is 0 Å². The molecule has 0 aliphatic rings. The van der Waals surface area contributed by atoms with Crippen molar-refractivity contribution < 1.29 is 5.11 Å². The minimum atomic E-state index is -0.370. The molecule has 3 nitrogen and oxygen atoms in total. The van der Waals surface area contributed by atoms with Crippen molar-refractivity contribution in [2.24, 2.45) is 5.73 Å². The summed E-state index contributed by atoms with van der Waals surface area (Å²) in [6, 6.07) is 0. The number of rotatable bonds is 3. The van der Waals surface area contributed by atoms with Crippen molar-refractivity contribution in [1.29, 1.82) is 0 Å². The Morgan fingerprint density at radius 1 is 1.62 bits per heavy atom. The van der Waals surface area contributed by atoms with Gasteiger partial charge in [-0.15, -0.1) is 0 Å². The van der Waals surface area contributed by atoms with E-state index in [9.17, 15) is 0 Å². The van der Waals surface area contributed by atoms with E-state index in [0.717, 1.165) is 0 Å². The van der Waals surface area contributed by atoms with E-state index in [1.54, 1.807) is 0 Å². The molecule has 3 heteroatoms. The second-order valence-electron chi connectivity index (χ2n) is 2.15. The summed E-state index contributed by atoms with van der Waals surface area (Å²) >= 11 is 0. The number of aliphatic hydroxyl groups is 1. The molecule has 0 radical (unpaired) electrons. The molecule has 0 aromatic carbocycles. The zero-order chi connectivity index (χ0) is 6.57. The standard InChI is InChI=1S/C5H14N2O/c1-7(2)4-5(8)3-6/h5,8H,3-4,6H2,1-2H3. The van der Waals surface area contributed by atoms with E-state index in [1.165, 1.54) is 0 Å². The average molecular weight is 118 g/mol. The van der Waals surface area contributed by atoms with E-state index in [2.05, 4.69) is 0 Å². The number of hydrogen-bond acceptors (Lipinski definition) is 3. The maximum Gasteiger partial charge on any atom is 0.0788 e. The number of nitrogens with zero attached hydrogens (tertiary/aromatic N) is 1. The van der Waals surface area contributed by atoms with Gasteiger partial charge in [0.05, 0.1) is 6.10 Å². The highest BCUT2D eigenvalue weighted by Gasteiger charge is 1.99. The van der Waals surface area contributed by atoms with Gasteiger partial charge in [0.25, 0.3) is 0 Å². The average Bonchev–Trinajstić information content (AvgIpc) is 1.65. The highest BCUT2D eigenvalue weighted by atomic mass is 16.3. The largest absolute Gasteiger partial charge is 0.390 e. The van der Waals surface area contributed by atoms with Gasteiger partial charge in [-0.25, -0.2) is 0 Å². The fourth-order valence-electron chi connectivity index (χ4n) is 0.496. The summed E-state index contributed by atoms with van der Waals surface area (Å²) in [4.78, 5) is 1.90. The van der Waals surface area contributed by atoms with Crippen LogP contribution in [-0.4, -0.2) is 43.3 Å². The Labute approximate surface area is 50.1 Å². The molecule has 0 spiro atoms. The van der Waals surface area contributed by atoms with E-state index in [0.29, 0.717) is 13.1 Å². The van der Waals surface area contributed by atoms with Crippen LogP contribution in [0.4, 0.5) is 0 Å². The molecule has 0 aromatic rings. The van der Waals surface area contributed by atoms with Crippen LogP contribution < -0.4 is 5.73 Å². The fourth-order valence-corrected chi connectivity index (χ4v) is 0.496. The molecule has 1 unspecified atom stereocenters. The van der Waals surface area contributed by atoms with Crippen molar-refractivity contribution in [3.05, 3.63) is 0 Å². The fraction of sp³-hybridized carbons (Fsp3) is 1.00. The van der Waals surface area contributed by atoms with Crippen LogP contribution in [0.5, 0.6) is 0 Å². The van der Waals surface area contributed by atoms with Crippen LogP contribution >= 0.6 is 0 Å². The van der Waals surface area contributed by atoms with Gasteiger partial charge >= 0.3 is 0 Å². The van der Waals surface area contributed by atoms with Crippen molar-refractivity contribution in [2.45, 2.75) is 6.10 Å². The molecule has 0 aliphatic heterocycles. The van der Waals surface area contributed by atoms with Crippen LogP contribution in [0.3, 0.4) is 0 Å². The van der Waals surface area contributed by atoms with Crippen molar-refractivity contribution in [1.82, 2.24) is 4.90 Å². The molecule has 0 amide bonds. The van der Waals surface area contributed by atoms with E-state index in [-0.39, 0.29) is 6.10 Å². The molecule has 0 bridgehead atoms. The monoisotopic (exact) mass is 118 g/mol. The maximum atomic E-state index is 8.86. The molecule has 0 heterocycles. The maximum absolute atomic E-state index is 8.86. The highest BCUT2D eigenvalue weighted by Crippen LogP contribution is 1.80. The lowest BCUT2D eigenvalue weighted by Gasteiger charge is -2.12. The predicted octanol–water partition coefficient (Wildman–Crippen LogP) is -1.13. The first kappa shape index (κ1) is 7.88. The molecule has 0 aliphatic carbocycles. The van der Waals surface area contributed by atoms with E-state index >= 15 is 0 Å². The Balaban J connectivity index is 3.10. The lowest BCUT2D eigenvalue weighted by atomic mass is 10.3. The van der Waals surface area contributed by atoms with Gasteiger partial charge in [-0.1, -0.05) is 0 Å².